The average molecular weight is 287 g/mol. The van der Waals surface area contributed by atoms with Gasteiger partial charge in [0.25, 0.3) is 5.56 Å². The van der Waals surface area contributed by atoms with Crippen molar-refractivity contribution in [1.29, 1.82) is 0 Å². The largest absolute Gasteiger partial charge is 0.477 e. The molecule has 6 nitrogen and oxygen atoms in total. The van der Waals surface area contributed by atoms with Crippen molar-refractivity contribution in [3.8, 4) is 11.1 Å². The molecule has 0 spiro atoms. The Bertz CT molecular complexity index is 927. The zero-order valence-electron chi connectivity index (χ0n) is 10.9. The molecule has 106 valence electrons. The standard InChI is InChI=1S/C14H10FN3O3/c1-7-11(8-3-2-4-9(15)5-8)12-16-6-10(14(20)21)13(19)18(12)17-7/h2-6,17H,1H3,(H,20,21). The van der Waals surface area contributed by atoms with Crippen LogP contribution in [0.5, 0.6) is 0 Å². The van der Waals surface area contributed by atoms with Crippen molar-refractivity contribution in [3.63, 3.8) is 0 Å². The van der Waals surface area contributed by atoms with Gasteiger partial charge in [0.1, 0.15) is 11.4 Å². The number of aromatic nitrogens is 3. The maximum atomic E-state index is 13.4. The van der Waals surface area contributed by atoms with Crippen LogP contribution >= 0.6 is 0 Å². The highest BCUT2D eigenvalue weighted by molar-refractivity contribution is 5.88. The molecule has 2 aromatic heterocycles. The molecule has 0 amide bonds. The molecule has 0 saturated carbocycles. The third-order valence-electron chi connectivity index (χ3n) is 3.18. The number of carboxylic acid groups (broad SMARTS) is 1. The summed E-state index contributed by atoms with van der Waals surface area (Å²) in [6.07, 6.45) is 1.01. The summed E-state index contributed by atoms with van der Waals surface area (Å²) in [4.78, 5) is 27.0. The van der Waals surface area contributed by atoms with Crippen LogP contribution in [0.3, 0.4) is 0 Å². The number of nitrogens with zero attached hydrogens (tertiary/aromatic N) is 2. The number of aryl methyl sites for hydroxylation is 1. The number of aromatic amines is 1. The minimum absolute atomic E-state index is 0.258. The van der Waals surface area contributed by atoms with E-state index in [1.54, 1.807) is 19.1 Å². The number of aromatic carboxylic acids is 1. The van der Waals surface area contributed by atoms with Crippen LogP contribution in [-0.2, 0) is 0 Å². The number of carboxylic acids is 1. The van der Waals surface area contributed by atoms with E-state index >= 15 is 0 Å². The first-order valence-electron chi connectivity index (χ1n) is 6.08. The van der Waals surface area contributed by atoms with Crippen molar-refractivity contribution in [2.75, 3.05) is 0 Å². The van der Waals surface area contributed by atoms with Gasteiger partial charge in [-0.15, -0.1) is 0 Å². The average Bonchev–Trinajstić information content (AvgIpc) is 2.76. The van der Waals surface area contributed by atoms with Crippen LogP contribution in [0.25, 0.3) is 16.8 Å². The molecule has 7 heteroatoms. The fourth-order valence-electron chi connectivity index (χ4n) is 2.26. The van der Waals surface area contributed by atoms with Crippen LogP contribution in [0, 0.1) is 12.7 Å². The van der Waals surface area contributed by atoms with E-state index in [0.717, 1.165) is 10.7 Å². The van der Waals surface area contributed by atoms with E-state index < -0.39 is 22.9 Å². The monoisotopic (exact) mass is 287 g/mol. The highest BCUT2D eigenvalue weighted by Gasteiger charge is 2.18. The van der Waals surface area contributed by atoms with E-state index in [9.17, 15) is 14.0 Å². The van der Waals surface area contributed by atoms with Crippen LogP contribution in [-0.4, -0.2) is 25.7 Å². The van der Waals surface area contributed by atoms with Crippen molar-refractivity contribution in [1.82, 2.24) is 14.6 Å². The molecule has 0 saturated heterocycles. The number of hydrogen-bond acceptors (Lipinski definition) is 3. The molecule has 21 heavy (non-hydrogen) atoms. The predicted molar refractivity (Wildman–Crippen MR) is 72.9 cm³/mol. The molecule has 2 heterocycles. The van der Waals surface area contributed by atoms with Crippen LogP contribution in [0.1, 0.15) is 16.1 Å². The fourth-order valence-corrected chi connectivity index (χ4v) is 2.26. The summed E-state index contributed by atoms with van der Waals surface area (Å²) < 4.78 is 14.4. The van der Waals surface area contributed by atoms with Gasteiger partial charge < -0.3 is 5.11 Å². The molecule has 3 aromatic rings. The third kappa shape index (κ3) is 1.99. The second kappa shape index (κ2) is 4.55. The number of halogens is 1. The van der Waals surface area contributed by atoms with Gasteiger partial charge in [0.05, 0.1) is 0 Å². The molecular weight excluding hydrogens is 277 g/mol. The summed E-state index contributed by atoms with van der Waals surface area (Å²) in [5.74, 6) is -1.75. The van der Waals surface area contributed by atoms with Crippen LogP contribution in [0.4, 0.5) is 4.39 Å². The lowest BCUT2D eigenvalue weighted by molar-refractivity contribution is 0.0694. The quantitative estimate of drug-likeness (QED) is 0.752. The first kappa shape index (κ1) is 13.0. The van der Waals surface area contributed by atoms with Crippen molar-refractivity contribution >= 4 is 11.6 Å². The number of carbonyl (C=O) groups is 1. The van der Waals surface area contributed by atoms with Crippen molar-refractivity contribution in [3.05, 3.63) is 57.9 Å². The van der Waals surface area contributed by atoms with Crippen molar-refractivity contribution in [2.45, 2.75) is 6.92 Å². The van der Waals surface area contributed by atoms with Gasteiger partial charge in [0, 0.05) is 17.5 Å². The van der Waals surface area contributed by atoms with Crippen molar-refractivity contribution in [2.24, 2.45) is 0 Å². The summed E-state index contributed by atoms with van der Waals surface area (Å²) in [6.45, 7) is 1.70. The van der Waals surface area contributed by atoms with Gasteiger partial charge in [-0.2, -0.15) is 0 Å². The van der Waals surface area contributed by atoms with E-state index in [4.69, 9.17) is 5.11 Å². The highest BCUT2D eigenvalue weighted by atomic mass is 19.1. The number of fused-ring (bicyclic) bond motifs is 1. The van der Waals surface area contributed by atoms with Crippen LogP contribution in [0.2, 0.25) is 0 Å². The Labute approximate surface area is 117 Å². The minimum atomic E-state index is -1.35. The smallest absolute Gasteiger partial charge is 0.343 e. The molecule has 0 radical (unpaired) electrons. The van der Waals surface area contributed by atoms with E-state index in [1.807, 2.05) is 0 Å². The predicted octanol–water partition coefficient (Wildman–Crippen LogP) is 1.84. The van der Waals surface area contributed by atoms with Gasteiger partial charge in [-0.1, -0.05) is 12.1 Å². The lowest BCUT2D eigenvalue weighted by Gasteiger charge is -2.01. The van der Waals surface area contributed by atoms with E-state index in [0.29, 0.717) is 16.8 Å². The second-order valence-corrected chi connectivity index (χ2v) is 4.56. The third-order valence-corrected chi connectivity index (χ3v) is 3.18. The number of nitrogens with one attached hydrogen (secondary N) is 1. The number of benzene rings is 1. The Kier molecular flexibility index (Phi) is 2.83. The molecule has 0 aliphatic carbocycles. The minimum Gasteiger partial charge on any atom is -0.477 e. The fraction of sp³-hybridized carbons (Fsp3) is 0.0714. The lowest BCUT2D eigenvalue weighted by Crippen LogP contribution is -2.23. The zero-order chi connectivity index (χ0) is 15.1. The zero-order valence-corrected chi connectivity index (χ0v) is 10.9. The maximum Gasteiger partial charge on any atom is 0.343 e. The molecule has 0 unspecified atom stereocenters. The summed E-state index contributed by atoms with van der Waals surface area (Å²) >= 11 is 0. The van der Waals surface area contributed by atoms with Gasteiger partial charge in [-0.25, -0.2) is 18.7 Å². The Morgan fingerprint density at radius 3 is 2.86 bits per heavy atom. The lowest BCUT2D eigenvalue weighted by atomic mass is 10.1. The van der Waals surface area contributed by atoms with Gasteiger partial charge in [0.15, 0.2) is 5.65 Å². The van der Waals surface area contributed by atoms with E-state index in [-0.39, 0.29) is 5.65 Å². The SMILES string of the molecule is Cc1[nH]n2c(=O)c(C(=O)O)cnc2c1-c1cccc(F)c1. The first-order valence-corrected chi connectivity index (χ1v) is 6.08. The maximum absolute atomic E-state index is 13.4. The van der Waals surface area contributed by atoms with Gasteiger partial charge in [0.2, 0.25) is 0 Å². The Morgan fingerprint density at radius 2 is 2.19 bits per heavy atom. The molecule has 0 atom stereocenters. The van der Waals surface area contributed by atoms with Crippen LogP contribution in [0.15, 0.2) is 35.3 Å². The molecule has 0 fully saturated rings. The highest BCUT2D eigenvalue weighted by Crippen LogP contribution is 2.26. The second-order valence-electron chi connectivity index (χ2n) is 4.56. The Balaban J connectivity index is 2.36. The molecule has 2 N–H and O–H groups in total. The Hall–Kier alpha value is -2.96. The number of H-pyrrole nitrogens is 1. The normalized spacial score (nSPS) is 11.0. The Morgan fingerprint density at radius 1 is 1.43 bits per heavy atom. The number of rotatable bonds is 2. The number of hydrogen-bond donors (Lipinski definition) is 2. The van der Waals surface area contributed by atoms with Gasteiger partial charge >= 0.3 is 5.97 Å². The molecular formula is C14H10FN3O3. The summed E-state index contributed by atoms with van der Waals surface area (Å²) in [7, 11) is 0. The van der Waals surface area contributed by atoms with Gasteiger partial charge in [-0.3, -0.25) is 9.89 Å². The summed E-state index contributed by atoms with van der Waals surface area (Å²) in [5.41, 5.74) is 0.823. The summed E-state index contributed by atoms with van der Waals surface area (Å²) in [5, 5.41) is 11.7. The first-order chi connectivity index (χ1) is 9.99. The van der Waals surface area contributed by atoms with E-state index in [2.05, 4.69) is 10.1 Å². The molecule has 0 bridgehead atoms. The summed E-state index contributed by atoms with van der Waals surface area (Å²) in [6, 6.07) is 5.89. The molecule has 3 rings (SSSR count). The molecule has 0 aliphatic heterocycles. The van der Waals surface area contributed by atoms with Crippen molar-refractivity contribution < 1.29 is 14.3 Å². The van der Waals surface area contributed by atoms with Gasteiger partial charge in [-0.05, 0) is 24.6 Å². The van der Waals surface area contributed by atoms with E-state index in [1.165, 1.54) is 12.1 Å². The molecule has 0 aliphatic rings. The molecule has 1 aromatic carbocycles. The van der Waals surface area contributed by atoms with Crippen LogP contribution < -0.4 is 5.56 Å². The topological polar surface area (TPSA) is 87.5 Å².